The zero-order chi connectivity index (χ0) is 22.9. The number of aromatic nitrogens is 1. The summed E-state index contributed by atoms with van der Waals surface area (Å²) >= 11 is 0. The van der Waals surface area contributed by atoms with E-state index >= 15 is 0 Å². The van der Waals surface area contributed by atoms with E-state index in [-0.39, 0.29) is 12.0 Å². The number of carbonyl (C=O) groups excluding carboxylic acids is 2. The molecule has 3 atom stereocenters. The van der Waals surface area contributed by atoms with E-state index in [1.165, 1.54) is 6.07 Å². The lowest BCUT2D eigenvalue weighted by Crippen LogP contribution is -2.36. The van der Waals surface area contributed by atoms with Gasteiger partial charge in [0.1, 0.15) is 11.8 Å². The molecule has 1 aliphatic heterocycles. The molecular formula is C21H28N4O6. The highest BCUT2D eigenvalue weighted by molar-refractivity contribution is 5.91. The third-order valence-corrected chi connectivity index (χ3v) is 4.54. The average Bonchev–Trinajstić information content (AvgIpc) is 2.99. The number of aryl methyl sites for hydroxylation is 1. The van der Waals surface area contributed by atoms with Crippen molar-refractivity contribution in [2.45, 2.75) is 65.1 Å². The molecule has 0 spiro atoms. The smallest absolute Gasteiger partial charge is 0.356 e. The minimum absolute atomic E-state index is 0.0723. The molecule has 2 heterocycles. The van der Waals surface area contributed by atoms with Crippen LogP contribution < -0.4 is 16.5 Å². The van der Waals surface area contributed by atoms with Gasteiger partial charge in [0.2, 0.25) is 0 Å². The summed E-state index contributed by atoms with van der Waals surface area (Å²) in [6, 6.07) is 4.09. The number of nitrogens with two attached hydrogens (primary N) is 1. The molecule has 0 fully saturated rings. The van der Waals surface area contributed by atoms with Gasteiger partial charge < -0.3 is 24.9 Å². The van der Waals surface area contributed by atoms with E-state index in [2.05, 4.69) is 16.0 Å². The molecule has 0 aliphatic carbocycles. The van der Waals surface area contributed by atoms with Crippen molar-refractivity contribution in [3.8, 4) is 11.1 Å². The molecule has 3 rings (SSSR count). The molecule has 1 aromatic carbocycles. The molecule has 5 N–H and O–H groups in total. The van der Waals surface area contributed by atoms with Crippen LogP contribution in [0.4, 0.5) is 0 Å². The molecule has 2 unspecified atom stereocenters. The highest BCUT2D eigenvalue weighted by Crippen LogP contribution is 2.41. The van der Waals surface area contributed by atoms with Crippen LogP contribution in [0.25, 0.3) is 11.1 Å². The number of carbonyl (C=O) groups is 2. The number of nitrogens with one attached hydrogen (secondary N) is 2. The van der Waals surface area contributed by atoms with E-state index in [0.717, 1.165) is 0 Å². The summed E-state index contributed by atoms with van der Waals surface area (Å²) in [7, 11) is 0. The standard InChI is InChI=1S/C21H28N4O6/c1-10-17-13-7-6-12(20(28)31-25-11(2)22)8-14(13)19(27)23-15(18(17)30-24-10)9-16(26)29-21(3,4)5/h6-8,11,15,19,23,25,27H,9,22H2,1-5H3/t11?,15-,19?/m0/s1. The zero-order valence-electron chi connectivity index (χ0n) is 18.2. The molecule has 31 heavy (non-hydrogen) atoms. The minimum Gasteiger partial charge on any atom is -0.460 e. The fourth-order valence-corrected chi connectivity index (χ4v) is 3.36. The molecule has 1 aliphatic rings. The third kappa shape index (κ3) is 5.28. The number of hydroxylamine groups is 1. The maximum absolute atomic E-state index is 12.4. The zero-order valence-corrected chi connectivity index (χ0v) is 18.2. The van der Waals surface area contributed by atoms with Gasteiger partial charge in [-0.1, -0.05) is 11.2 Å². The fraction of sp³-hybridized carbons (Fsp3) is 0.476. The van der Waals surface area contributed by atoms with Gasteiger partial charge in [0, 0.05) is 11.1 Å². The van der Waals surface area contributed by atoms with E-state index in [0.29, 0.717) is 28.1 Å². The highest BCUT2D eigenvalue weighted by Gasteiger charge is 2.34. The van der Waals surface area contributed by atoms with Crippen molar-refractivity contribution in [3.63, 3.8) is 0 Å². The van der Waals surface area contributed by atoms with Crippen LogP contribution in [-0.2, 0) is 14.4 Å². The van der Waals surface area contributed by atoms with E-state index in [4.69, 9.17) is 19.8 Å². The van der Waals surface area contributed by atoms with E-state index < -0.39 is 36.0 Å². The first-order valence-electron chi connectivity index (χ1n) is 9.95. The first-order chi connectivity index (χ1) is 14.5. The van der Waals surface area contributed by atoms with Gasteiger partial charge in [0.15, 0.2) is 5.76 Å². The number of fused-ring (bicyclic) bond motifs is 3. The van der Waals surface area contributed by atoms with Crippen LogP contribution in [0.5, 0.6) is 0 Å². The summed E-state index contributed by atoms with van der Waals surface area (Å²) < 4.78 is 10.9. The summed E-state index contributed by atoms with van der Waals surface area (Å²) in [4.78, 5) is 29.7. The summed E-state index contributed by atoms with van der Waals surface area (Å²) in [6.45, 7) is 8.73. The van der Waals surface area contributed by atoms with Gasteiger partial charge in [0.25, 0.3) is 0 Å². The largest absolute Gasteiger partial charge is 0.460 e. The van der Waals surface area contributed by atoms with Gasteiger partial charge in [-0.25, -0.2) is 4.79 Å². The number of aliphatic hydroxyl groups is 1. The lowest BCUT2D eigenvalue weighted by molar-refractivity contribution is -0.155. The van der Waals surface area contributed by atoms with Crippen LogP contribution in [0.15, 0.2) is 22.7 Å². The molecule has 1 aromatic heterocycles. The maximum Gasteiger partial charge on any atom is 0.356 e. The number of ether oxygens (including phenoxy) is 1. The first-order valence-corrected chi connectivity index (χ1v) is 9.95. The quantitative estimate of drug-likeness (QED) is 0.314. The summed E-state index contributed by atoms with van der Waals surface area (Å²) in [5.74, 6) is -0.686. The molecule has 0 radical (unpaired) electrons. The van der Waals surface area contributed by atoms with Crippen LogP contribution in [0.2, 0.25) is 0 Å². The Kier molecular flexibility index (Phi) is 6.46. The molecular weight excluding hydrogens is 404 g/mol. The second kappa shape index (κ2) is 8.75. The number of esters is 1. The van der Waals surface area contributed by atoms with E-state index in [9.17, 15) is 14.7 Å². The average molecular weight is 432 g/mol. The Hall–Kier alpha value is -2.79. The molecule has 0 bridgehead atoms. The molecule has 10 nitrogen and oxygen atoms in total. The molecule has 2 aromatic rings. The second-order valence-corrected chi connectivity index (χ2v) is 8.52. The lowest BCUT2D eigenvalue weighted by atomic mass is 9.95. The van der Waals surface area contributed by atoms with Crippen molar-refractivity contribution >= 4 is 11.9 Å². The fourth-order valence-electron chi connectivity index (χ4n) is 3.36. The Morgan fingerprint density at radius 1 is 1.39 bits per heavy atom. The van der Waals surface area contributed by atoms with Crippen molar-refractivity contribution in [1.82, 2.24) is 16.0 Å². The van der Waals surface area contributed by atoms with Crippen molar-refractivity contribution in [2.75, 3.05) is 0 Å². The number of rotatable bonds is 5. The Bertz CT molecular complexity index is 979. The first kappa shape index (κ1) is 22.9. The summed E-state index contributed by atoms with van der Waals surface area (Å²) in [5, 5.41) is 17.9. The topological polar surface area (TPSA) is 149 Å². The molecule has 168 valence electrons. The Morgan fingerprint density at radius 2 is 2.10 bits per heavy atom. The number of nitrogens with zero attached hydrogens (tertiary/aromatic N) is 1. The van der Waals surface area contributed by atoms with Crippen molar-refractivity contribution in [3.05, 3.63) is 40.8 Å². The lowest BCUT2D eigenvalue weighted by Gasteiger charge is -2.22. The van der Waals surface area contributed by atoms with E-state index in [1.807, 2.05) is 0 Å². The van der Waals surface area contributed by atoms with E-state index in [1.54, 1.807) is 46.8 Å². The number of aliphatic hydroxyl groups excluding tert-OH is 1. The normalized spacial score (nSPS) is 19.1. The van der Waals surface area contributed by atoms with Crippen LogP contribution in [0.3, 0.4) is 0 Å². The Labute approximate surface area is 180 Å². The van der Waals surface area contributed by atoms with Crippen molar-refractivity contribution in [1.29, 1.82) is 0 Å². The van der Waals surface area contributed by atoms with Gasteiger partial charge in [0.05, 0.1) is 29.9 Å². The molecule has 10 heteroatoms. The van der Waals surface area contributed by atoms with Crippen LogP contribution in [0, 0.1) is 6.92 Å². The Morgan fingerprint density at radius 3 is 2.74 bits per heavy atom. The van der Waals surface area contributed by atoms with Gasteiger partial charge in [-0.3, -0.25) is 10.1 Å². The molecule has 0 amide bonds. The number of hydrogen-bond donors (Lipinski definition) is 4. The minimum atomic E-state index is -1.18. The van der Waals surface area contributed by atoms with Crippen molar-refractivity contribution < 1.29 is 28.8 Å². The van der Waals surface area contributed by atoms with Crippen LogP contribution in [0.1, 0.15) is 73.8 Å². The van der Waals surface area contributed by atoms with Gasteiger partial charge in [-0.2, -0.15) is 0 Å². The van der Waals surface area contributed by atoms with Gasteiger partial charge in [-0.05, 0) is 52.3 Å². The van der Waals surface area contributed by atoms with Gasteiger partial charge >= 0.3 is 11.9 Å². The SMILES string of the molecule is Cc1noc2c1-c1ccc(C(=O)ONC(C)N)cc1C(O)N[C@H]2CC(=O)OC(C)(C)C. The maximum atomic E-state index is 12.4. The molecule has 0 saturated heterocycles. The monoisotopic (exact) mass is 432 g/mol. The van der Waals surface area contributed by atoms with Crippen molar-refractivity contribution in [2.24, 2.45) is 5.73 Å². The number of benzene rings is 1. The predicted octanol–water partition coefficient (Wildman–Crippen LogP) is 1.98. The second-order valence-electron chi connectivity index (χ2n) is 8.52. The summed E-state index contributed by atoms with van der Waals surface area (Å²) in [5.41, 5.74) is 9.80. The summed E-state index contributed by atoms with van der Waals surface area (Å²) in [6.07, 6.45) is -1.79. The van der Waals surface area contributed by atoms with Gasteiger partial charge in [-0.15, -0.1) is 5.48 Å². The highest BCUT2D eigenvalue weighted by atomic mass is 16.7. The van der Waals surface area contributed by atoms with Crippen LogP contribution in [-0.4, -0.2) is 34.0 Å². The number of hydrogen-bond acceptors (Lipinski definition) is 10. The molecule has 0 saturated carbocycles. The predicted molar refractivity (Wildman–Crippen MR) is 110 cm³/mol. The Balaban J connectivity index is 1.94. The third-order valence-electron chi connectivity index (χ3n) is 4.54. The van der Waals surface area contributed by atoms with Crippen LogP contribution >= 0.6 is 0 Å².